The summed E-state index contributed by atoms with van der Waals surface area (Å²) in [6.45, 7) is 2.21. The number of methoxy groups -OCH3 is 1. The van der Waals surface area contributed by atoms with Crippen LogP contribution < -0.4 is 4.90 Å². The maximum atomic E-state index is 11.5. The van der Waals surface area contributed by atoms with Crippen LogP contribution in [0.4, 0.5) is 5.69 Å². The average molecular weight is 311 g/mol. The van der Waals surface area contributed by atoms with Crippen molar-refractivity contribution in [2.24, 2.45) is 0 Å². The molecule has 1 aromatic carbocycles. The van der Waals surface area contributed by atoms with E-state index >= 15 is 0 Å². The number of aromatic nitrogens is 1. The number of anilines is 1. The molecule has 120 valence electrons. The number of benzene rings is 1. The number of hydrogen-bond donors (Lipinski definition) is 0. The van der Waals surface area contributed by atoms with Crippen LogP contribution in [-0.2, 0) is 16.0 Å². The molecule has 2 fully saturated rings. The van der Waals surface area contributed by atoms with Crippen LogP contribution >= 0.6 is 0 Å². The topological polar surface area (TPSA) is 45.7 Å². The minimum absolute atomic E-state index is 0.214. The Labute approximate surface area is 135 Å². The Hall–Kier alpha value is -2.14. The van der Waals surface area contributed by atoms with E-state index in [1.165, 1.54) is 19.2 Å². The van der Waals surface area contributed by atoms with E-state index in [1.807, 2.05) is 24.4 Å². The zero-order valence-electron chi connectivity index (χ0n) is 13.5. The summed E-state index contributed by atoms with van der Waals surface area (Å²) in [5, 5.41) is 1.08. The monoisotopic (exact) mass is 311 g/mol. The highest BCUT2D eigenvalue weighted by Gasteiger charge is 2.41. The van der Waals surface area contributed by atoms with E-state index in [-0.39, 0.29) is 5.97 Å². The van der Waals surface area contributed by atoms with Crippen molar-refractivity contribution >= 4 is 22.6 Å². The van der Waals surface area contributed by atoms with Gasteiger partial charge in [-0.15, -0.1) is 0 Å². The number of likely N-dealkylation sites (tertiary alicyclic amines) is 1. The lowest BCUT2D eigenvalue weighted by molar-refractivity contribution is -0.139. The Kier molecular flexibility index (Phi) is 3.45. The van der Waals surface area contributed by atoms with Crippen molar-refractivity contribution in [2.75, 3.05) is 32.1 Å². The maximum Gasteiger partial charge on any atom is 0.309 e. The van der Waals surface area contributed by atoms with Crippen molar-refractivity contribution in [1.29, 1.82) is 0 Å². The van der Waals surface area contributed by atoms with Crippen LogP contribution in [0.1, 0.15) is 12.0 Å². The first kappa shape index (κ1) is 14.5. The number of hydrogen-bond acceptors (Lipinski definition) is 5. The molecule has 5 heteroatoms. The quantitative estimate of drug-likeness (QED) is 0.810. The van der Waals surface area contributed by atoms with Gasteiger partial charge < -0.3 is 9.64 Å². The molecule has 2 bridgehead atoms. The Balaban J connectivity index is 1.63. The van der Waals surface area contributed by atoms with Crippen molar-refractivity contribution in [3.63, 3.8) is 0 Å². The Morgan fingerprint density at radius 1 is 1.30 bits per heavy atom. The third-order valence-corrected chi connectivity index (χ3v) is 5.15. The van der Waals surface area contributed by atoms with Gasteiger partial charge in [0.05, 0.1) is 30.9 Å². The van der Waals surface area contributed by atoms with Gasteiger partial charge in [-0.25, -0.2) is 0 Å². The van der Waals surface area contributed by atoms with Crippen LogP contribution in [0.5, 0.6) is 0 Å². The predicted molar refractivity (Wildman–Crippen MR) is 89.6 cm³/mol. The fourth-order valence-electron chi connectivity index (χ4n) is 3.86. The molecule has 3 heterocycles. The Morgan fingerprint density at radius 2 is 2.17 bits per heavy atom. The van der Waals surface area contributed by atoms with Crippen molar-refractivity contribution in [1.82, 2.24) is 9.88 Å². The first-order chi connectivity index (χ1) is 11.1. The highest BCUT2D eigenvalue weighted by Crippen LogP contribution is 2.34. The molecular formula is C18H21N3O2. The number of carbonyl (C=O) groups excluding carboxylic acids is 1. The predicted octanol–water partition coefficient (Wildman–Crippen LogP) is 1.84. The number of fused-ring (bicyclic) bond motifs is 3. The Bertz CT molecular complexity index is 759. The Morgan fingerprint density at radius 3 is 2.87 bits per heavy atom. The van der Waals surface area contributed by atoms with Crippen molar-refractivity contribution in [3.8, 4) is 0 Å². The molecule has 2 saturated heterocycles. The van der Waals surface area contributed by atoms with Gasteiger partial charge in [0.15, 0.2) is 0 Å². The molecular weight excluding hydrogens is 290 g/mol. The van der Waals surface area contributed by atoms with Gasteiger partial charge in [0.2, 0.25) is 0 Å². The molecule has 0 N–H and O–H groups in total. The summed E-state index contributed by atoms with van der Waals surface area (Å²) in [5.41, 5.74) is 3.11. The van der Waals surface area contributed by atoms with E-state index in [9.17, 15) is 4.79 Å². The number of esters is 1. The van der Waals surface area contributed by atoms with Crippen LogP contribution in [0.2, 0.25) is 0 Å². The van der Waals surface area contributed by atoms with E-state index < -0.39 is 0 Å². The molecule has 2 aliphatic heterocycles. The van der Waals surface area contributed by atoms with E-state index in [2.05, 4.69) is 27.9 Å². The van der Waals surface area contributed by atoms with Crippen LogP contribution in [0.3, 0.4) is 0 Å². The van der Waals surface area contributed by atoms with Gasteiger partial charge in [-0.2, -0.15) is 0 Å². The molecule has 0 aliphatic carbocycles. The first-order valence-electron chi connectivity index (χ1n) is 8.06. The minimum Gasteiger partial charge on any atom is -0.469 e. The molecule has 2 atom stereocenters. The smallest absolute Gasteiger partial charge is 0.309 e. The number of piperazine rings is 1. The number of carbonyl (C=O) groups is 1. The molecule has 2 aromatic rings. The lowest BCUT2D eigenvalue weighted by Gasteiger charge is -2.33. The molecule has 1 aromatic heterocycles. The lowest BCUT2D eigenvalue weighted by Crippen LogP contribution is -2.44. The van der Waals surface area contributed by atoms with E-state index in [0.717, 1.165) is 29.6 Å². The van der Waals surface area contributed by atoms with Gasteiger partial charge in [-0.05, 0) is 37.2 Å². The van der Waals surface area contributed by atoms with Crippen molar-refractivity contribution in [3.05, 3.63) is 36.0 Å². The molecule has 0 saturated carbocycles. The second-order valence-corrected chi connectivity index (χ2v) is 6.61. The summed E-state index contributed by atoms with van der Waals surface area (Å²) in [5.74, 6) is -0.214. The van der Waals surface area contributed by atoms with Gasteiger partial charge in [0, 0.05) is 30.6 Å². The average Bonchev–Trinajstić information content (AvgIpc) is 3.13. The highest BCUT2D eigenvalue weighted by molar-refractivity contribution is 5.84. The summed E-state index contributed by atoms with van der Waals surface area (Å²) in [6, 6.07) is 9.43. The zero-order valence-corrected chi connectivity index (χ0v) is 13.5. The number of nitrogens with zero attached hydrogens (tertiary/aromatic N) is 3. The van der Waals surface area contributed by atoms with Gasteiger partial charge in [-0.1, -0.05) is 6.07 Å². The first-order valence-corrected chi connectivity index (χ1v) is 8.06. The van der Waals surface area contributed by atoms with Gasteiger partial charge in [0.25, 0.3) is 0 Å². The zero-order chi connectivity index (χ0) is 16.0. The summed E-state index contributed by atoms with van der Waals surface area (Å²) in [7, 11) is 3.63. The number of likely N-dealkylation sites (N-methyl/N-ethyl adjacent to an activating group) is 1. The van der Waals surface area contributed by atoms with Crippen LogP contribution in [0.15, 0.2) is 30.5 Å². The standard InChI is InChI=1S/C18H21N3O2/c1-20-10-16-8-15(20)11-21(16)14-7-13-5-12(6-18(22)23-2)3-4-17(13)19-9-14/h3-5,7,9,15-16H,6,8,10-11H2,1-2H3. The van der Waals surface area contributed by atoms with Gasteiger partial charge in [-0.3, -0.25) is 14.7 Å². The third kappa shape index (κ3) is 2.55. The molecule has 23 heavy (non-hydrogen) atoms. The fraction of sp³-hybridized carbons (Fsp3) is 0.444. The second kappa shape index (κ2) is 5.49. The van der Waals surface area contributed by atoms with Gasteiger partial charge >= 0.3 is 5.97 Å². The number of rotatable bonds is 3. The molecule has 0 spiro atoms. The van der Waals surface area contributed by atoms with E-state index in [1.54, 1.807) is 0 Å². The summed E-state index contributed by atoms with van der Waals surface area (Å²) >= 11 is 0. The molecule has 5 nitrogen and oxygen atoms in total. The third-order valence-electron chi connectivity index (χ3n) is 5.15. The highest BCUT2D eigenvalue weighted by atomic mass is 16.5. The molecule has 0 radical (unpaired) electrons. The summed E-state index contributed by atoms with van der Waals surface area (Å²) in [6.07, 6.45) is 3.52. The normalized spacial score (nSPS) is 23.7. The van der Waals surface area contributed by atoms with Crippen LogP contribution in [0.25, 0.3) is 10.9 Å². The van der Waals surface area contributed by atoms with Crippen LogP contribution in [-0.4, -0.2) is 55.2 Å². The number of ether oxygens (including phenoxy) is 1. The second-order valence-electron chi connectivity index (χ2n) is 6.61. The summed E-state index contributed by atoms with van der Waals surface area (Å²) < 4.78 is 4.75. The van der Waals surface area contributed by atoms with E-state index in [0.29, 0.717) is 18.5 Å². The molecule has 0 amide bonds. The lowest BCUT2D eigenvalue weighted by atomic mass is 10.1. The van der Waals surface area contributed by atoms with Crippen LogP contribution in [0, 0.1) is 0 Å². The van der Waals surface area contributed by atoms with Crippen molar-refractivity contribution < 1.29 is 9.53 Å². The van der Waals surface area contributed by atoms with Crippen molar-refractivity contribution in [2.45, 2.75) is 24.9 Å². The van der Waals surface area contributed by atoms with E-state index in [4.69, 9.17) is 4.74 Å². The number of pyridine rings is 1. The molecule has 2 aliphatic rings. The molecule has 4 rings (SSSR count). The maximum absolute atomic E-state index is 11.5. The largest absolute Gasteiger partial charge is 0.469 e. The SMILES string of the molecule is COC(=O)Cc1ccc2ncc(N3CC4CC3CN4C)cc2c1. The summed E-state index contributed by atoms with van der Waals surface area (Å²) in [4.78, 5) is 21.0. The molecule has 2 unspecified atom stereocenters. The fourth-order valence-corrected chi connectivity index (χ4v) is 3.86. The van der Waals surface area contributed by atoms with Gasteiger partial charge in [0.1, 0.15) is 0 Å². The minimum atomic E-state index is -0.214.